The van der Waals surface area contributed by atoms with E-state index in [0.29, 0.717) is 31.8 Å². The molecule has 4 aromatic rings. The highest BCUT2D eigenvalue weighted by Crippen LogP contribution is 2.36. The summed E-state index contributed by atoms with van der Waals surface area (Å²) in [7, 11) is 0. The average Bonchev–Trinajstić information content (AvgIpc) is 3.58. The van der Waals surface area contributed by atoms with Gasteiger partial charge in [-0.3, -0.25) is 4.79 Å². The molecule has 0 bridgehead atoms. The number of ether oxygens (including phenoxy) is 1. The molecule has 1 aromatic carbocycles. The van der Waals surface area contributed by atoms with Gasteiger partial charge in [-0.25, -0.2) is 15.0 Å². The van der Waals surface area contributed by atoms with Crippen molar-refractivity contribution in [1.82, 2.24) is 25.3 Å². The van der Waals surface area contributed by atoms with Crippen LogP contribution in [-0.4, -0.2) is 39.1 Å². The van der Waals surface area contributed by atoms with Gasteiger partial charge >= 0.3 is 0 Å². The number of aryl methyl sites for hydroxylation is 1. The number of hydrogen-bond acceptors (Lipinski definition) is 7. The maximum absolute atomic E-state index is 13.7. The fraction of sp³-hybridized carbons (Fsp3) is 0.214. The number of pyridine rings is 1. The summed E-state index contributed by atoms with van der Waals surface area (Å²) in [6, 6.07) is 10.1. The van der Waals surface area contributed by atoms with Crippen molar-refractivity contribution in [2.24, 2.45) is 5.73 Å². The summed E-state index contributed by atoms with van der Waals surface area (Å²) in [4.78, 5) is 29.9. The van der Waals surface area contributed by atoms with Gasteiger partial charge < -0.3 is 20.8 Å². The molecule has 8 nitrogen and oxygen atoms in total. The number of nitrogens with two attached hydrogens (primary N) is 1. The lowest BCUT2D eigenvalue weighted by Crippen LogP contribution is -2.47. The predicted molar refractivity (Wildman–Crippen MR) is 146 cm³/mol. The average molecular weight is 513 g/mol. The predicted octanol–water partition coefficient (Wildman–Crippen LogP) is 4.62. The van der Waals surface area contributed by atoms with E-state index in [-0.39, 0.29) is 5.91 Å². The van der Waals surface area contributed by atoms with Crippen molar-refractivity contribution in [3.05, 3.63) is 95.1 Å². The van der Waals surface area contributed by atoms with E-state index < -0.39 is 5.41 Å². The molecular formula is C28H28N6O2S. The maximum Gasteiger partial charge on any atom is 0.235 e. The summed E-state index contributed by atoms with van der Waals surface area (Å²) in [5, 5.41) is 5.91. The Morgan fingerprint density at radius 2 is 1.97 bits per heavy atom. The minimum atomic E-state index is -0.712. The largest absolute Gasteiger partial charge is 0.404 e. The summed E-state index contributed by atoms with van der Waals surface area (Å²) >= 11 is 1.56. The second kappa shape index (κ2) is 10.5. The van der Waals surface area contributed by atoms with E-state index in [0.717, 1.165) is 44.1 Å². The van der Waals surface area contributed by atoms with Crippen molar-refractivity contribution in [3.63, 3.8) is 0 Å². The fourth-order valence-corrected chi connectivity index (χ4v) is 5.17. The van der Waals surface area contributed by atoms with Crippen LogP contribution in [0, 0.1) is 6.92 Å². The topological polar surface area (TPSA) is 119 Å². The standard InChI is InChI=1S/C28H28N6O2S/c1-18(3-4-21(14-29)25-16-37-19(2)34-25)33-27(35)28(9-11-36-12-10-28)23-7-5-20(6-8-23)22-13-24-26(30-15-22)32-17-31-24/h3-8,13-17H,1,9-12,29H2,2H3,(H,33,35)(H,30,31,32)/b4-3-,21-14+. The van der Waals surface area contributed by atoms with Gasteiger partial charge in [0.25, 0.3) is 0 Å². The molecular weight excluding hydrogens is 484 g/mol. The molecule has 3 aromatic heterocycles. The Balaban J connectivity index is 1.35. The molecule has 1 fully saturated rings. The van der Waals surface area contributed by atoms with Gasteiger partial charge in [-0.15, -0.1) is 11.3 Å². The highest BCUT2D eigenvalue weighted by molar-refractivity contribution is 7.09. The summed E-state index contributed by atoms with van der Waals surface area (Å²) in [5.41, 5.74) is 11.6. The number of benzene rings is 1. The zero-order valence-corrected chi connectivity index (χ0v) is 21.3. The van der Waals surface area contributed by atoms with E-state index in [1.54, 1.807) is 23.7 Å². The first-order valence-electron chi connectivity index (χ1n) is 12.0. The fourth-order valence-electron chi connectivity index (χ4n) is 4.55. The molecule has 1 amide bonds. The zero-order chi connectivity index (χ0) is 25.8. The minimum Gasteiger partial charge on any atom is -0.404 e. The maximum atomic E-state index is 13.7. The van der Waals surface area contributed by atoms with E-state index in [4.69, 9.17) is 10.5 Å². The molecule has 0 spiro atoms. The van der Waals surface area contributed by atoms with Crippen LogP contribution in [0.15, 0.2) is 78.9 Å². The van der Waals surface area contributed by atoms with Crippen LogP contribution in [0.5, 0.6) is 0 Å². The highest BCUT2D eigenvalue weighted by Gasteiger charge is 2.41. The van der Waals surface area contributed by atoms with Crippen LogP contribution in [0.25, 0.3) is 27.9 Å². The van der Waals surface area contributed by atoms with Crippen molar-refractivity contribution >= 4 is 34.0 Å². The minimum absolute atomic E-state index is 0.0967. The number of thiazole rings is 1. The second-order valence-electron chi connectivity index (χ2n) is 8.95. The summed E-state index contributed by atoms with van der Waals surface area (Å²) < 4.78 is 5.61. The van der Waals surface area contributed by atoms with Gasteiger partial charge in [-0.1, -0.05) is 30.8 Å². The number of carbonyl (C=O) groups is 1. The van der Waals surface area contributed by atoms with E-state index in [1.165, 1.54) is 6.20 Å². The van der Waals surface area contributed by atoms with Gasteiger partial charge in [-0.05, 0) is 49.1 Å². The number of amides is 1. The normalized spacial score (nSPS) is 15.8. The van der Waals surface area contributed by atoms with E-state index in [2.05, 4.69) is 31.8 Å². The van der Waals surface area contributed by atoms with Crippen molar-refractivity contribution in [2.75, 3.05) is 13.2 Å². The molecule has 0 atom stereocenters. The van der Waals surface area contributed by atoms with Crippen molar-refractivity contribution in [2.45, 2.75) is 25.2 Å². The van der Waals surface area contributed by atoms with Crippen LogP contribution < -0.4 is 11.1 Å². The lowest BCUT2D eigenvalue weighted by Gasteiger charge is -2.36. The molecule has 0 aliphatic carbocycles. The molecule has 188 valence electrons. The second-order valence-corrected chi connectivity index (χ2v) is 10.0. The van der Waals surface area contributed by atoms with Gasteiger partial charge in [-0.2, -0.15) is 0 Å². The third-order valence-corrected chi connectivity index (χ3v) is 7.43. The third kappa shape index (κ3) is 5.09. The number of imidazole rings is 1. The first kappa shape index (κ1) is 24.6. The summed E-state index contributed by atoms with van der Waals surface area (Å²) in [6.45, 7) is 7.02. The van der Waals surface area contributed by atoms with Crippen LogP contribution in [-0.2, 0) is 14.9 Å². The van der Waals surface area contributed by atoms with Crippen molar-refractivity contribution in [1.29, 1.82) is 0 Å². The number of nitrogens with zero attached hydrogens (tertiary/aromatic N) is 3. The van der Waals surface area contributed by atoms with Gasteiger partial charge in [0.15, 0.2) is 5.65 Å². The lowest BCUT2D eigenvalue weighted by atomic mass is 9.73. The Hall–Kier alpha value is -4.08. The highest BCUT2D eigenvalue weighted by atomic mass is 32.1. The Morgan fingerprint density at radius 3 is 2.68 bits per heavy atom. The van der Waals surface area contributed by atoms with Gasteiger partial charge in [0, 0.05) is 47.8 Å². The monoisotopic (exact) mass is 512 g/mol. The number of allylic oxidation sites excluding steroid dienone is 3. The first-order valence-corrected chi connectivity index (χ1v) is 12.9. The van der Waals surface area contributed by atoms with Gasteiger partial charge in [0.2, 0.25) is 5.91 Å². The molecule has 4 heterocycles. The third-order valence-electron chi connectivity index (χ3n) is 6.66. The molecule has 1 aliphatic heterocycles. The molecule has 1 saturated heterocycles. The molecule has 5 rings (SSSR count). The summed E-state index contributed by atoms with van der Waals surface area (Å²) in [6.07, 6.45) is 9.69. The number of aromatic nitrogens is 4. The number of rotatable bonds is 7. The lowest BCUT2D eigenvalue weighted by molar-refractivity contribution is -0.129. The number of hydrogen-bond donors (Lipinski definition) is 3. The van der Waals surface area contributed by atoms with Gasteiger partial charge in [0.1, 0.15) is 5.52 Å². The molecule has 9 heteroatoms. The Labute approximate surface area is 219 Å². The number of carbonyl (C=O) groups excluding carboxylic acids is 1. The van der Waals surface area contributed by atoms with Crippen LogP contribution in [0.2, 0.25) is 0 Å². The van der Waals surface area contributed by atoms with Crippen LogP contribution in [0.1, 0.15) is 29.1 Å². The smallest absolute Gasteiger partial charge is 0.235 e. The number of nitrogens with one attached hydrogen (secondary N) is 2. The number of H-pyrrole nitrogens is 1. The first-order chi connectivity index (χ1) is 18.0. The van der Waals surface area contributed by atoms with Crippen molar-refractivity contribution in [3.8, 4) is 11.1 Å². The quantitative estimate of drug-likeness (QED) is 0.311. The van der Waals surface area contributed by atoms with Crippen LogP contribution in [0.4, 0.5) is 0 Å². The van der Waals surface area contributed by atoms with Gasteiger partial charge in [0.05, 0.1) is 22.4 Å². The Kier molecular flexibility index (Phi) is 6.98. The molecule has 0 radical (unpaired) electrons. The molecule has 0 saturated carbocycles. The van der Waals surface area contributed by atoms with E-state index in [9.17, 15) is 4.79 Å². The number of aromatic amines is 1. The summed E-state index contributed by atoms with van der Waals surface area (Å²) in [5.74, 6) is -0.0967. The molecule has 4 N–H and O–H groups in total. The molecule has 37 heavy (non-hydrogen) atoms. The SMILES string of the molecule is C=C(/C=C\C(=C/N)c1csc(C)n1)NC(=O)C1(c2ccc(-c3cnc4[nH]cnc4c3)cc2)CCOCC1. The Bertz CT molecular complexity index is 1490. The Morgan fingerprint density at radius 1 is 1.19 bits per heavy atom. The number of fused-ring (bicyclic) bond motifs is 1. The molecule has 1 aliphatic rings. The zero-order valence-electron chi connectivity index (χ0n) is 20.5. The van der Waals surface area contributed by atoms with E-state index >= 15 is 0 Å². The van der Waals surface area contributed by atoms with E-state index in [1.807, 2.05) is 54.9 Å². The van der Waals surface area contributed by atoms with Crippen molar-refractivity contribution < 1.29 is 9.53 Å². The molecule has 0 unspecified atom stereocenters. The van der Waals surface area contributed by atoms with Crippen LogP contribution >= 0.6 is 11.3 Å². The van der Waals surface area contributed by atoms with Crippen LogP contribution in [0.3, 0.4) is 0 Å².